The SMILES string of the molecule is O=[N+]([O-])c1cc(C(F)(F)F)ccc1N1CCN(S(=O)(=O)c2ccccc2[N+](=O)[O-])CC1. The Hall–Kier alpha value is -3.26. The Morgan fingerprint density at radius 1 is 0.871 bits per heavy atom. The van der Waals surface area contributed by atoms with Gasteiger partial charge in [-0.2, -0.15) is 17.5 Å². The number of anilines is 1. The predicted molar refractivity (Wildman–Crippen MR) is 102 cm³/mol. The van der Waals surface area contributed by atoms with Crippen LogP contribution in [0.2, 0.25) is 0 Å². The number of nitrogens with zero attached hydrogens (tertiary/aromatic N) is 4. The Balaban J connectivity index is 1.85. The summed E-state index contributed by atoms with van der Waals surface area (Å²) in [6.45, 7) is -0.419. The highest BCUT2D eigenvalue weighted by Crippen LogP contribution is 2.37. The molecule has 0 amide bonds. The monoisotopic (exact) mass is 460 g/mol. The standard InChI is InChI=1S/C17H15F3N4O6S/c18-17(19,20)12-5-6-13(15(11-12)24(27)28)21-7-9-22(10-8-21)31(29,30)16-4-2-1-3-14(16)23(25)26/h1-6,11H,7-10H2. The summed E-state index contributed by atoms with van der Waals surface area (Å²) in [5.41, 5.74) is -2.56. The predicted octanol–water partition coefficient (Wildman–Crippen LogP) is 3.03. The molecule has 0 saturated carbocycles. The van der Waals surface area contributed by atoms with E-state index in [9.17, 15) is 41.8 Å². The third kappa shape index (κ3) is 4.44. The van der Waals surface area contributed by atoms with Gasteiger partial charge in [-0.15, -0.1) is 0 Å². The highest BCUT2D eigenvalue weighted by molar-refractivity contribution is 7.89. The fraction of sp³-hybridized carbons (Fsp3) is 0.294. The molecule has 1 fully saturated rings. The maximum atomic E-state index is 12.9. The van der Waals surface area contributed by atoms with Crippen LogP contribution in [0.3, 0.4) is 0 Å². The van der Waals surface area contributed by atoms with Crippen molar-refractivity contribution in [2.24, 2.45) is 0 Å². The molecule has 166 valence electrons. The Morgan fingerprint density at radius 3 is 2.00 bits per heavy atom. The number of para-hydroxylation sites is 1. The summed E-state index contributed by atoms with van der Waals surface area (Å²) in [5, 5.41) is 22.5. The smallest absolute Gasteiger partial charge is 0.363 e. The fourth-order valence-corrected chi connectivity index (χ4v) is 4.83. The van der Waals surface area contributed by atoms with Gasteiger partial charge in [-0.1, -0.05) is 12.1 Å². The molecule has 0 spiro atoms. The molecule has 1 saturated heterocycles. The number of alkyl halides is 3. The molecule has 0 aliphatic carbocycles. The Kier molecular flexibility index (Phi) is 5.87. The molecule has 0 unspecified atom stereocenters. The van der Waals surface area contributed by atoms with E-state index in [1.165, 1.54) is 17.0 Å². The van der Waals surface area contributed by atoms with Crippen LogP contribution in [-0.4, -0.2) is 48.7 Å². The molecule has 0 atom stereocenters. The summed E-state index contributed by atoms with van der Waals surface area (Å²) >= 11 is 0. The molecule has 1 heterocycles. The lowest BCUT2D eigenvalue weighted by molar-refractivity contribution is -0.387. The largest absolute Gasteiger partial charge is 0.416 e. The maximum absolute atomic E-state index is 12.9. The fourth-order valence-electron chi connectivity index (χ4n) is 3.25. The summed E-state index contributed by atoms with van der Waals surface area (Å²) < 4.78 is 65.4. The lowest BCUT2D eigenvalue weighted by Crippen LogP contribution is -2.48. The normalized spacial score (nSPS) is 15.6. The van der Waals surface area contributed by atoms with Crippen molar-refractivity contribution in [1.82, 2.24) is 4.31 Å². The van der Waals surface area contributed by atoms with Gasteiger partial charge in [-0.3, -0.25) is 20.2 Å². The molecule has 31 heavy (non-hydrogen) atoms. The molecular formula is C17H15F3N4O6S. The molecule has 0 radical (unpaired) electrons. The second kappa shape index (κ2) is 8.11. The summed E-state index contributed by atoms with van der Waals surface area (Å²) in [5.74, 6) is 0. The topological polar surface area (TPSA) is 127 Å². The van der Waals surface area contributed by atoms with Gasteiger partial charge < -0.3 is 4.90 Å². The van der Waals surface area contributed by atoms with Crippen LogP contribution in [0, 0.1) is 20.2 Å². The third-order valence-corrected chi connectivity index (χ3v) is 6.70. The number of benzene rings is 2. The van der Waals surface area contributed by atoms with Gasteiger partial charge in [-0.25, -0.2) is 8.42 Å². The number of nitro groups is 2. The van der Waals surface area contributed by atoms with Gasteiger partial charge in [0.15, 0.2) is 4.90 Å². The van der Waals surface area contributed by atoms with Gasteiger partial charge in [0.05, 0.1) is 15.4 Å². The van der Waals surface area contributed by atoms with Gasteiger partial charge >= 0.3 is 6.18 Å². The summed E-state index contributed by atoms with van der Waals surface area (Å²) in [6.07, 6.45) is -4.75. The Labute approximate surface area is 173 Å². The lowest BCUT2D eigenvalue weighted by atomic mass is 10.1. The average molecular weight is 460 g/mol. The van der Waals surface area contributed by atoms with Gasteiger partial charge in [0, 0.05) is 38.3 Å². The van der Waals surface area contributed by atoms with Crippen molar-refractivity contribution >= 4 is 27.1 Å². The first-order valence-electron chi connectivity index (χ1n) is 8.77. The minimum absolute atomic E-state index is 0.0495. The highest BCUT2D eigenvalue weighted by atomic mass is 32.2. The van der Waals surface area contributed by atoms with Gasteiger partial charge in [-0.05, 0) is 18.2 Å². The van der Waals surface area contributed by atoms with E-state index in [2.05, 4.69) is 0 Å². The first-order chi connectivity index (χ1) is 14.4. The van der Waals surface area contributed by atoms with Crippen LogP contribution >= 0.6 is 0 Å². The van der Waals surface area contributed by atoms with Crippen LogP contribution in [0.5, 0.6) is 0 Å². The second-order valence-electron chi connectivity index (χ2n) is 6.57. The van der Waals surface area contributed by atoms with E-state index in [1.807, 2.05) is 0 Å². The van der Waals surface area contributed by atoms with Crippen molar-refractivity contribution in [3.8, 4) is 0 Å². The molecule has 0 bridgehead atoms. The van der Waals surface area contributed by atoms with E-state index in [4.69, 9.17) is 0 Å². The molecule has 3 rings (SSSR count). The maximum Gasteiger partial charge on any atom is 0.416 e. The Bertz CT molecular complexity index is 1130. The summed E-state index contributed by atoms with van der Waals surface area (Å²) in [4.78, 5) is 21.6. The van der Waals surface area contributed by atoms with Crippen LogP contribution in [-0.2, 0) is 16.2 Å². The first-order valence-corrected chi connectivity index (χ1v) is 10.2. The van der Waals surface area contributed by atoms with Gasteiger partial charge in [0.2, 0.25) is 10.0 Å². The molecule has 2 aromatic carbocycles. The van der Waals surface area contributed by atoms with E-state index in [-0.39, 0.29) is 31.9 Å². The van der Waals surface area contributed by atoms with E-state index < -0.39 is 47.9 Å². The highest BCUT2D eigenvalue weighted by Gasteiger charge is 2.36. The summed E-state index contributed by atoms with van der Waals surface area (Å²) in [6, 6.07) is 6.99. The Morgan fingerprint density at radius 2 is 1.45 bits per heavy atom. The molecule has 2 aromatic rings. The van der Waals surface area contributed by atoms with Crippen LogP contribution in [0.25, 0.3) is 0 Å². The number of hydrogen-bond acceptors (Lipinski definition) is 7. The number of halogens is 3. The number of sulfonamides is 1. The van der Waals surface area contributed by atoms with Crippen LogP contribution in [0.4, 0.5) is 30.2 Å². The molecule has 14 heteroatoms. The molecular weight excluding hydrogens is 445 g/mol. The molecule has 0 aromatic heterocycles. The average Bonchev–Trinajstić information content (AvgIpc) is 2.72. The summed E-state index contributed by atoms with van der Waals surface area (Å²) in [7, 11) is -4.21. The number of hydrogen-bond donors (Lipinski definition) is 0. The van der Waals surface area contributed by atoms with E-state index in [1.54, 1.807) is 0 Å². The lowest BCUT2D eigenvalue weighted by Gasteiger charge is -2.35. The number of nitro benzene ring substituents is 2. The minimum atomic E-state index is -4.75. The molecule has 1 aliphatic rings. The van der Waals surface area contributed by atoms with Crippen LogP contribution in [0.15, 0.2) is 47.4 Å². The zero-order chi connectivity index (χ0) is 23.0. The number of piperazine rings is 1. The quantitative estimate of drug-likeness (QED) is 0.496. The zero-order valence-corrected chi connectivity index (χ0v) is 16.5. The zero-order valence-electron chi connectivity index (χ0n) is 15.7. The first kappa shape index (κ1) is 22.4. The van der Waals surface area contributed by atoms with Crippen molar-refractivity contribution in [3.63, 3.8) is 0 Å². The van der Waals surface area contributed by atoms with Crippen LogP contribution < -0.4 is 4.90 Å². The van der Waals surface area contributed by atoms with Gasteiger partial charge in [0.25, 0.3) is 11.4 Å². The number of rotatable bonds is 5. The molecule has 1 aliphatic heterocycles. The van der Waals surface area contributed by atoms with Crippen molar-refractivity contribution in [1.29, 1.82) is 0 Å². The van der Waals surface area contributed by atoms with Crippen LogP contribution in [0.1, 0.15) is 5.56 Å². The molecule has 10 nitrogen and oxygen atoms in total. The van der Waals surface area contributed by atoms with Crippen molar-refractivity contribution < 1.29 is 31.4 Å². The third-order valence-electron chi connectivity index (χ3n) is 4.76. The second-order valence-corrected chi connectivity index (χ2v) is 8.48. The van der Waals surface area contributed by atoms with E-state index >= 15 is 0 Å². The van der Waals surface area contributed by atoms with Gasteiger partial charge in [0.1, 0.15) is 5.69 Å². The minimum Gasteiger partial charge on any atom is -0.363 e. The van der Waals surface area contributed by atoms with E-state index in [0.717, 1.165) is 28.6 Å². The van der Waals surface area contributed by atoms with Crippen molar-refractivity contribution in [2.75, 3.05) is 31.1 Å². The molecule has 0 N–H and O–H groups in total. The van der Waals surface area contributed by atoms with Crippen molar-refractivity contribution in [3.05, 3.63) is 68.3 Å². The van der Waals surface area contributed by atoms with Crippen molar-refractivity contribution in [2.45, 2.75) is 11.1 Å². The van der Waals surface area contributed by atoms with E-state index in [0.29, 0.717) is 6.07 Å².